The number of hydrogen-bond acceptors (Lipinski definition) is 7. The first-order valence-electron chi connectivity index (χ1n) is 9.81. The molecule has 0 saturated heterocycles. The van der Waals surface area contributed by atoms with Crippen LogP contribution in [-0.2, 0) is 0 Å². The predicted octanol–water partition coefficient (Wildman–Crippen LogP) is 5.38. The Morgan fingerprint density at radius 2 is 2.00 bits per heavy atom. The molecule has 0 aliphatic carbocycles. The molecule has 1 aliphatic heterocycles. The van der Waals surface area contributed by atoms with Gasteiger partial charge in [-0.05, 0) is 61.8 Å². The molecule has 2 N–H and O–H groups in total. The van der Waals surface area contributed by atoms with Crippen LogP contribution in [0.25, 0.3) is 0 Å². The number of thioether (sulfide) groups is 1. The van der Waals surface area contributed by atoms with Gasteiger partial charge in [-0.25, -0.2) is 4.98 Å². The van der Waals surface area contributed by atoms with E-state index >= 15 is 0 Å². The van der Waals surface area contributed by atoms with Crippen LogP contribution in [0, 0.1) is 6.92 Å². The zero-order chi connectivity index (χ0) is 21.9. The second-order valence-electron chi connectivity index (χ2n) is 8.01. The summed E-state index contributed by atoms with van der Waals surface area (Å²) < 4.78 is 12.0. The first-order chi connectivity index (χ1) is 14.2. The summed E-state index contributed by atoms with van der Waals surface area (Å²) in [5.74, 6) is 2.38. The molecule has 0 atom stereocenters. The van der Waals surface area contributed by atoms with Gasteiger partial charge in [0.25, 0.3) is 0 Å². The lowest BCUT2D eigenvalue weighted by Crippen LogP contribution is -2.41. The Bertz CT molecular complexity index is 930. The molecule has 0 spiro atoms. The van der Waals surface area contributed by atoms with Crippen LogP contribution in [0.3, 0.4) is 0 Å². The zero-order valence-corrected chi connectivity index (χ0v) is 20.5. The van der Waals surface area contributed by atoms with Crippen LogP contribution in [-0.4, -0.2) is 37.5 Å². The van der Waals surface area contributed by atoms with E-state index in [1.54, 1.807) is 11.8 Å². The SMILES string of the molecule is C=C(Sc1cc2c(cc1Br)OCO2)N(CCNC(C)(C)C)c1ccnc(NC)c1C. The lowest BCUT2D eigenvalue weighted by molar-refractivity contribution is 0.174. The molecule has 6 nitrogen and oxygen atoms in total. The molecule has 0 bridgehead atoms. The first-order valence-corrected chi connectivity index (χ1v) is 11.4. The van der Waals surface area contributed by atoms with E-state index in [0.717, 1.165) is 56.1 Å². The minimum absolute atomic E-state index is 0.0456. The minimum Gasteiger partial charge on any atom is -0.454 e. The smallest absolute Gasteiger partial charge is 0.231 e. The number of ether oxygens (including phenoxy) is 2. The number of pyridine rings is 1. The number of halogens is 1. The van der Waals surface area contributed by atoms with Crippen LogP contribution in [0.5, 0.6) is 11.5 Å². The Kier molecular flexibility index (Phi) is 7.21. The molecule has 8 heteroatoms. The van der Waals surface area contributed by atoms with Crippen LogP contribution >= 0.6 is 27.7 Å². The maximum absolute atomic E-state index is 5.55. The summed E-state index contributed by atoms with van der Waals surface area (Å²) in [5, 5.41) is 7.65. The van der Waals surface area contributed by atoms with E-state index in [9.17, 15) is 0 Å². The van der Waals surface area contributed by atoms with Gasteiger partial charge in [0.2, 0.25) is 6.79 Å². The summed E-state index contributed by atoms with van der Waals surface area (Å²) in [6, 6.07) is 5.97. The molecule has 1 aromatic carbocycles. The monoisotopic (exact) mass is 492 g/mol. The molecule has 1 aliphatic rings. The fourth-order valence-electron chi connectivity index (χ4n) is 3.15. The van der Waals surface area contributed by atoms with Crippen molar-refractivity contribution in [1.82, 2.24) is 10.3 Å². The van der Waals surface area contributed by atoms with Crippen molar-refractivity contribution in [3.8, 4) is 11.5 Å². The lowest BCUT2D eigenvalue weighted by atomic mass is 10.1. The molecule has 0 amide bonds. The summed E-state index contributed by atoms with van der Waals surface area (Å²) in [7, 11) is 1.89. The topological polar surface area (TPSA) is 58.7 Å². The summed E-state index contributed by atoms with van der Waals surface area (Å²) in [6.07, 6.45) is 1.83. The van der Waals surface area contributed by atoms with Gasteiger partial charge in [0.1, 0.15) is 5.82 Å². The zero-order valence-electron chi connectivity index (χ0n) is 18.1. The highest BCUT2D eigenvalue weighted by molar-refractivity contribution is 9.10. The molecule has 2 aromatic rings. The van der Waals surface area contributed by atoms with E-state index in [0.29, 0.717) is 0 Å². The molecular weight excluding hydrogens is 464 g/mol. The highest BCUT2D eigenvalue weighted by Gasteiger charge is 2.21. The normalized spacial score (nSPS) is 12.7. The van der Waals surface area contributed by atoms with Gasteiger partial charge in [-0.15, -0.1) is 0 Å². The van der Waals surface area contributed by atoms with Crippen molar-refractivity contribution in [2.75, 3.05) is 37.1 Å². The van der Waals surface area contributed by atoms with Crippen LogP contribution < -0.4 is 25.0 Å². The number of benzene rings is 1. The summed E-state index contributed by atoms with van der Waals surface area (Å²) in [5.41, 5.74) is 2.21. The minimum atomic E-state index is 0.0456. The van der Waals surface area contributed by atoms with Crippen molar-refractivity contribution in [3.05, 3.63) is 46.0 Å². The number of fused-ring (bicyclic) bond motifs is 1. The third-order valence-electron chi connectivity index (χ3n) is 4.65. The van der Waals surface area contributed by atoms with E-state index in [2.05, 4.69) is 70.7 Å². The van der Waals surface area contributed by atoms with Crippen LogP contribution in [0.4, 0.5) is 11.5 Å². The van der Waals surface area contributed by atoms with Crippen molar-refractivity contribution in [1.29, 1.82) is 0 Å². The number of nitrogens with one attached hydrogen (secondary N) is 2. The maximum Gasteiger partial charge on any atom is 0.231 e. The number of hydrogen-bond donors (Lipinski definition) is 2. The van der Waals surface area contributed by atoms with E-state index in [1.165, 1.54) is 0 Å². The number of rotatable bonds is 8. The Hall–Kier alpha value is -1.90. The molecule has 3 rings (SSSR count). The van der Waals surface area contributed by atoms with E-state index in [-0.39, 0.29) is 12.3 Å². The Balaban J connectivity index is 1.87. The van der Waals surface area contributed by atoms with Crippen molar-refractivity contribution >= 4 is 39.2 Å². The van der Waals surface area contributed by atoms with Crippen molar-refractivity contribution < 1.29 is 9.47 Å². The fourth-order valence-corrected chi connectivity index (χ4v) is 4.59. The van der Waals surface area contributed by atoms with Crippen LogP contribution in [0.2, 0.25) is 0 Å². The van der Waals surface area contributed by atoms with Crippen molar-refractivity contribution in [3.63, 3.8) is 0 Å². The molecule has 30 heavy (non-hydrogen) atoms. The summed E-state index contributed by atoms with van der Waals surface area (Å²) in [6.45, 7) is 14.8. The number of nitrogens with zero attached hydrogens (tertiary/aromatic N) is 2. The molecule has 2 heterocycles. The average Bonchev–Trinajstić information content (AvgIpc) is 3.12. The van der Waals surface area contributed by atoms with Gasteiger partial charge in [0, 0.05) is 52.5 Å². The Morgan fingerprint density at radius 1 is 1.30 bits per heavy atom. The van der Waals surface area contributed by atoms with E-state index < -0.39 is 0 Å². The molecule has 0 saturated carbocycles. The molecule has 0 radical (unpaired) electrons. The van der Waals surface area contributed by atoms with Gasteiger partial charge in [0.15, 0.2) is 11.5 Å². The highest BCUT2D eigenvalue weighted by atomic mass is 79.9. The first kappa shape index (κ1) is 22.8. The molecule has 162 valence electrons. The fraction of sp³-hybridized carbons (Fsp3) is 0.409. The van der Waals surface area contributed by atoms with Crippen molar-refractivity contribution in [2.24, 2.45) is 0 Å². The summed E-state index contributed by atoms with van der Waals surface area (Å²) in [4.78, 5) is 7.69. The lowest BCUT2D eigenvalue weighted by Gasteiger charge is -2.30. The Labute approximate surface area is 191 Å². The number of aromatic nitrogens is 1. The molecule has 1 aromatic heterocycles. The van der Waals surface area contributed by atoms with E-state index in [1.807, 2.05) is 31.4 Å². The van der Waals surface area contributed by atoms with Gasteiger partial charge in [-0.3, -0.25) is 0 Å². The second-order valence-corrected chi connectivity index (χ2v) is 9.98. The van der Waals surface area contributed by atoms with Gasteiger partial charge in [0.05, 0.1) is 5.03 Å². The largest absolute Gasteiger partial charge is 0.454 e. The quantitative estimate of drug-likeness (QED) is 0.479. The van der Waals surface area contributed by atoms with Gasteiger partial charge in [-0.2, -0.15) is 0 Å². The standard InChI is InChI=1S/C22H29BrN4O2S/c1-14-17(7-8-25-21(14)24-6)27(10-9-26-22(3,4)5)15(2)30-20-12-19-18(11-16(20)23)28-13-29-19/h7-8,11-12,26H,2,9-10,13H2,1,3-6H3,(H,24,25). The average molecular weight is 493 g/mol. The highest BCUT2D eigenvalue weighted by Crippen LogP contribution is 2.43. The maximum atomic E-state index is 5.55. The summed E-state index contributed by atoms with van der Waals surface area (Å²) >= 11 is 5.25. The second kappa shape index (κ2) is 9.49. The third-order valence-corrected chi connectivity index (χ3v) is 6.58. The third kappa shape index (κ3) is 5.42. The van der Waals surface area contributed by atoms with Gasteiger partial charge >= 0.3 is 0 Å². The van der Waals surface area contributed by atoms with Crippen molar-refractivity contribution in [2.45, 2.75) is 38.1 Å². The van der Waals surface area contributed by atoms with Crippen LogP contribution in [0.1, 0.15) is 26.3 Å². The molecule has 0 fully saturated rings. The Morgan fingerprint density at radius 3 is 2.67 bits per heavy atom. The predicted molar refractivity (Wildman–Crippen MR) is 129 cm³/mol. The van der Waals surface area contributed by atoms with E-state index in [4.69, 9.17) is 9.47 Å². The van der Waals surface area contributed by atoms with Gasteiger partial charge < -0.3 is 25.0 Å². The number of anilines is 2. The van der Waals surface area contributed by atoms with Crippen LogP contribution in [0.15, 0.2) is 45.4 Å². The van der Waals surface area contributed by atoms with Gasteiger partial charge in [-0.1, -0.05) is 18.3 Å². The molecule has 0 unspecified atom stereocenters. The molecular formula is C22H29BrN4O2S.